The highest BCUT2D eigenvalue weighted by Gasteiger charge is 2.38. The van der Waals surface area contributed by atoms with Gasteiger partial charge in [-0.25, -0.2) is 0 Å². The number of anilines is 1. The Kier molecular flexibility index (Phi) is 5.16. The summed E-state index contributed by atoms with van der Waals surface area (Å²) in [4.78, 5) is 10.9. The number of carbonyl (C=O) groups excluding carboxylic acids is 1. The molecule has 0 bridgehead atoms. The molecule has 0 fully saturated rings. The van der Waals surface area contributed by atoms with Gasteiger partial charge in [-0.05, 0) is 38.0 Å². The van der Waals surface area contributed by atoms with Crippen molar-refractivity contribution in [3.05, 3.63) is 29.8 Å². The maximum Gasteiger partial charge on any atom is 0.471 e. The first-order chi connectivity index (χ1) is 9.14. The van der Waals surface area contributed by atoms with E-state index in [0.29, 0.717) is 6.54 Å². The van der Waals surface area contributed by atoms with Crippen LogP contribution in [0.5, 0.6) is 0 Å². The van der Waals surface area contributed by atoms with Crippen LogP contribution in [0.3, 0.4) is 0 Å². The van der Waals surface area contributed by atoms with Gasteiger partial charge in [-0.1, -0.05) is 19.1 Å². The van der Waals surface area contributed by atoms with E-state index in [-0.39, 0.29) is 11.2 Å². The quantitative estimate of drug-likeness (QED) is 0.871. The Balaban J connectivity index is 2.69. The van der Waals surface area contributed by atoms with E-state index in [2.05, 4.69) is 5.32 Å². The van der Waals surface area contributed by atoms with Crippen LogP contribution in [0.15, 0.2) is 24.3 Å². The Bertz CT molecular complexity index is 470. The average Bonchev–Trinajstić information content (AvgIpc) is 2.36. The van der Waals surface area contributed by atoms with E-state index in [1.165, 1.54) is 12.1 Å². The van der Waals surface area contributed by atoms with Gasteiger partial charge in [0.1, 0.15) is 0 Å². The summed E-state index contributed by atoms with van der Waals surface area (Å²) in [5, 5.41) is 5.14. The molecule has 1 aromatic rings. The molecule has 0 heterocycles. The van der Waals surface area contributed by atoms with Gasteiger partial charge in [0, 0.05) is 17.8 Å². The van der Waals surface area contributed by atoms with Crippen LogP contribution in [0.2, 0.25) is 0 Å². The largest absolute Gasteiger partial charge is 0.471 e. The van der Waals surface area contributed by atoms with Gasteiger partial charge in [0.25, 0.3) is 0 Å². The smallest absolute Gasteiger partial charge is 0.318 e. The molecular weight excluding hydrogens is 269 g/mol. The van der Waals surface area contributed by atoms with Crippen LogP contribution in [0.1, 0.15) is 32.8 Å². The van der Waals surface area contributed by atoms with Gasteiger partial charge in [-0.3, -0.25) is 4.79 Å². The second-order valence-electron chi connectivity index (χ2n) is 5.24. The summed E-state index contributed by atoms with van der Waals surface area (Å²) in [7, 11) is 0. The van der Waals surface area contributed by atoms with Gasteiger partial charge in [-0.15, -0.1) is 0 Å². The number of hydrogen-bond donors (Lipinski definition) is 2. The zero-order chi connectivity index (χ0) is 15.4. The van der Waals surface area contributed by atoms with Gasteiger partial charge in [0.05, 0.1) is 0 Å². The molecule has 1 amide bonds. The van der Waals surface area contributed by atoms with Crippen LogP contribution in [0, 0.1) is 0 Å². The molecule has 0 saturated heterocycles. The molecule has 1 rings (SSSR count). The summed E-state index contributed by atoms with van der Waals surface area (Å²) < 4.78 is 36.5. The van der Waals surface area contributed by atoms with Crippen molar-refractivity contribution in [2.24, 2.45) is 0 Å². The summed E-state index contributed by atoms with van der Waals surface area (Å²) in [6, 6.07) is 6.37. The van der Waals surface area contributed by atoms with Crippen LogP contribution in [-0.2, 0) is 11.3 Å². The summed E-state index contributed by atoms with van der Waals surface area (Å²) >= 11 is 0. The second-order valence-corrected chi connectivity index (χ2v) is 5.24. The van der Waals surface area contributed by atoms with Gasteiger partial charge in [-0.2, -0.15) is 13.2 Å². The maximum absolute atomic E-state index is 12.2. The molecule has 0 aromatic heterocycles. The van der Waals surface area contributed by atoms with Gasteiger partial charge in [0.15, 0.2) is 0 Å². The van der Waals surface area contributed by atoms with Gasteiger partial charge in [0.2, 0.25) is 0 Å². The Morgan fingerprint density at radius 1 is 1.25 bits per heavy atom. The molecular formula is C14H19F3N2O. The Hall–Kier alpha value is -1.56. The van der Waals surface area contributed by atoms with Crippen molar-refractivity contribution in [2.75, 3.05) is 5.32 Å². The first-order valence-corrected chi connectivity index (χ1v) is 6.36. The number of alkyl halides is 3. The lowest BCUT2D eigenvalue weighted by Gasteiger charge is -2.24. The third kappa shape index (κ3) is 5.21. The molecule has 3 nitrogen and oxygen atoms in total. The van der Waals surface area contributed by atoms with Crippen molar-refractivity contribution in [3.63, 3.8) is 0 Å². The Morgan fingerprint density at radius 3 is 2.45 bits per heavy atom. The topological polar surface area (TPSA) is 41.1 Å². The number of rotatable bonds is 5. The van der Waals surface area contributed by atoms with Crippen molar-refractivity contribution < 1.29 is 18.0 Å². The summed E-state index contributed by atoms with van der Waals surface area (Å²) in [5.41, 5.74) is 0.901. The number of nitrogens with one attached hydrogen (secondary N) is 2. The summed E-state index contributed by atoms with van der Waals surface area (Å²) in [5.74, 6) is -1.96. The van der Waals surface area contributed by atoms with Gasteiger partial charge < -0.3 is 10.6 Å². The molecule has 0 radical (unpaired) electrons. The van der Waals surface area contributed by atoms with E-state index >= 15 is 0 Å². The molecule has 0 aliphatic rings. The van der Waals surface area contributed by atoms with E-state index in [4.69, 9.17) is 0 Å². The minimum atomic E-state index is -4.88. The highest BCUT2D eigenvalue weighted by Crippen LogP contribution is 2.19. The first-order valence-electron chi connectivity index (χ1n) is 6.36. The van der Waals surface area contributed by atoms with Crippen molar-refractivity contribution in [1.29, 1.82) is 0 Å². The zero-order valence-corrected chi connectivity index (χ0v) is 11.8. The summed E-state index contributed by atoms with van der Waals surface area (Å²) in [6.45, 7) is 6.66. The molecule has 112 valence electrons. The average molecular weight is 288 g/mol. The van der Waals surface area contributed by atoms with Crippen LogP contribution in [-0.4, -0.2) is 17.6 Å². The monoisotopic (exact) mass is 288 g/mol. The van der Waals surface area contributed by atoms with Crippen molar-refractivity contribution in [3.8, 4) is 0 Å². The third-order valence-electron chi connectivity index (χ3n) is 3.10. The Morgan fingerprint density at radius 2 is 1.90 bits per heavy atom. The second kappa shape index (κ2) is 6.26. The van der Waals surface area contributed by atoms with E-state index in [0.717, 1.165) is 12.0 Å². The molecule has 0 atom stereocenters. The minimum absolute atomic E-state index is 0.0504. The fourth-order valence-electron chi connectivity index (χ4n) is 1.43. The van der Waals surface area contributed by atoms with E-state index in [1.54, 1.807) is 12.1 Å². The standard InChI is InChI=1S/C14H19F3N2O/c1-4-13(2,3)18-9-10-6-5-7-11(8-10)19-12(20)14(15,16)17/h5-8,18H,4,9H2,1-3H3,(H,19,20). The molecule has 1 aromatic carbocycles. The molecule has 2 N–H and O–H groups in total. The number of hydrogen-bond acceptors (Lipinski definition) is 2. The van der Waals surface area contributed by atoms with Crippen LogP contribution < -0.4 is 10.6 Å². The van der Waals surface area contributed by atoms with E-state index in [1.807, 2.05) is 26.1 Å². The molecule has 0 aliphatic carbocycles. The zero-order valence-electron chi connectivity index (χ0n) is 11.8. The highest BCUT2D eigenvalue weighted by molar-refractivity contribution is 5.94. The van der Waals surface area contributed by atoms with Crippen molar-refractivity contribution in [2.45, 2.75) is 45.5 Å². The SMILES string of the molecule is CCC(C)(C)NCc1cccc(NC(=O)C(F)(F)F)c1. The number of halogens is 3. The third-order valence-corrected chi connectivity index (χ3v) is 3.10. The lowest BCUT2D eigenvalue weighted by molar-refractivity contribution is -0.167. The lowest BCUT2D eigenvalue weighted by Crippen LogP contribution is -2.37. The summed E-state index contributed by atoms with van der Waals surface area (Å²) in [6.07, 6.45) is -3.95. The molecule has 6 heteroatoms. The number of carbonyl (C=O) groups is 1. The fraction of sp³-hybridized carbons (Fsp3) is 0.500. The van der Waals surface area contributed by atoms with E-state index in [9.17, 15) is 18.0 Å². The minimum Gasteiger partial charge on any atom is -0.318 e. The molecule has 0 saturated carbocycles. The molecule has 0 unspecified atom stereocenters. The van der Waals surface area contributed by atoms with Crippen LogP contribution in [0.25, 0.3) is 0 Å². The highest BCUT2D eigenvalue weighted by atomic mass is 19.4. The van der Waals surface area contributed by atoms with E-state index < -0.39 is 12.1 Å². The maximum atomic E-state index is 12.2. The normalized spacial score (nSPS) is 12.3. The predicted molar refractivity (Wildman–Crippen MR) is 72.3 cm³/mol. The fourth-order valence-corrected chi connectivity index (χ4v) is 1.43. The predicted octanol–water partition coefficient (Wildman–Crippen LogP) is 3.47. The van der Waals surface area contributed by atoms with Crippen LogP contribution >= 0.6 is 0 Å². The first kappa shape index (κ1) is 16.5. The lowest BCUT2D eigenvalue weighted by atomic mass is 10.0. The van der Waals surface area contributed by atoms with Crippen LogP contribution in [0.4, 0.5) is 18.9 Å². The van der Waals surface area contributed by atoms with Crippen molar-refractivity contribution >= 4 is 11.6 Å². The number of amides is 1. The Labute approximate surface area is 116 Å². The number of benzene rings is 1. The van der Waals surface area contributed by atoms with Crippen molar-refractivity contribution in [1.82, 2.24) is 5.32 Å². The molecule has 0 spiro atoms. The molecule has 20 heavy (non-hydrogen) atoms. The van der Waals surface area contributed by atoms with Gasteiger partial charge >= 0.3 is 12.1 Å². The molecule has 0 aliphatic heterocycles.